The highest BCUT2D eigenvalue weighted by molar-refractivity contribution is 9.10. The second-order valence-electron chi connectivity index (χ2n) is 8.56. The Kier molecular flexibility index (Phi) is 7.46. The summed E-state index contributed by atoms with van der Waals surface area (Å²) in [4.78, 5) is 0. The van der Waals surface area contributed by atoms with E-state index in [9.17, 15) is 0 Å². The number of nitriles is 1. The molecule has 0 spiro atoms. The van der Waals surface area contributed by atoms with Gasteiger partial charge in [-0.25, -0.2) is 0 Å². The SMILES string of the molecule is N#Cc1ccc(Oc2ccc(Br)c(COC(c3ccccc3)(c3ccccc3)c3ccccc3)c2)cc1. The Morgan fingerprint density at radius 3 is 1.59 bits per heavy atom. The molecular weight excluding hydrogens is 522 g/mol. The molecule has 37 heavy (non-hydrogen) atoms. The Morgan fingerprint density at radius 2 is 1.11 bits per heavy atom. The minimum atomic E-state index is -0.812. The summed E-state index contributed by atoms with van der Waals surface area (Å²) in [7, 11) is 0. The molecule has 0 unspecified atom stereocenters. The Labute approximate surface area is 225 Å². The van der Waals surface area contributed by atoms with Crippen molar-refractivity contribution < 1.29 is 9.47 Å². The molecule has 5 aromatic carbocycles. The predicted molar refractivity (Wildman–Crippen MR) is 149 cm³/mol. The smallest absolute Gasteiger partial charge is 0.144 e. The van der Waals surface area contributed by atoms with Gasteiger partial charge in [-0.05, 0) is 64.7 Å². The van der Waals surface area contributed by atoms with E-state index in [4.69, 9.17) is 14.7 Å². The molecule has 0 amide bonds. The van der Waals surface area contributed by atoms with E-state index in [-0.39, 0.29) is 0 Å². The third kappa shape index (κ3) is 5.34. The first-order valence-corrected chi connectivity index (χ1v) is 12.8. The monoisotopic (exact) mass is 545 g/mol. The number of ether oxygens (including phenoxy) is 2. The molecule has 5 aromatic rings. The first kappa shape index (κ1) is 24.5. The van der Waals surface area contributed by atoms with E-state index in [1.807, 2.05) is 72.8 Å². The van der Waals surface area contributed by atoms with Gasteiger partial charge in [0.15, 0.2) is 0 Å². The Morgan fingerprint density at radius 1 is 0.622 bits per heavy atom. The van der Waals surface area contributed by atoms with Gasteiger partial charge in [-0.1, -0.05) is 107 Å². The average Bonchev–Trinajstić information content (AvgIpc) is 2.97. The summed E-state index contributed by atoms with van der Waals surface area (Å²) in [6.07, 6.45) is 0. The Balaban J connectivity index is 1.53. The molecule has 0 aliphatic carbocycles. The largest absolute Gasteiger partial charge is 0.457 e. The van der Waals surface area contributed by atoms with Crippen LogP contribution in [0.15, 0.2) is 138 Å². The molecule has 0 heterocycles. The first-order valence-electron chi connectivity index (χ1n) is 12.0. The molecule has 0 saturated heterocycles. The van der Waals surface area contributed by atoms with Crippen LogP contribution in [-0.4, -0.2) is 0 Å². The van der Waals surface area contributed by atoms with Crippen LogP contribution in [0.3, 0.4) is 0 Å². The predicted octanol–water partition coefficient (Wildman–Crippen LogP) is 8.62. The lowest BCUT2D eigenvalue weighted by Crippen LogP contribution is -2.32. The molecule has 0 N–H and O–H groups in total. The summed E-state index contributed by atoms with van der Waals surface area (Å²) in [5.74, 6) is 1.36. The average molecular weight is 546 g/mol. The van der Waals surface area contributed by atoms with Crippen LogP contribution < -0.4 is 4.74 Å². The number of halogens is 1. The van der Waals surface area contributed by atoms with Gasteiger partial charge in [0.2, 0.25) is 0 Å². The fraction of sp³-hybridized carbons (Fsp3) is 0.0606. The van der Waals surface area contributed by atoms with Gasteiger partial charge in [-0.15, -0.1) is 0 Å². The Hall–Kier alpha value is -4.17. The number of hydrogen-bond donors (Lipinski definition) is 0. The molecule has 0 saturated carbocycles. The summed E-state index contributed by atoms with van der Waals surface area (Å²) in [6, 6.07) is 46.0. The van der Waals surface area contributed by atoms with Crippen LogP contribution in [0.1, 0.15) is 27.8 Å². The highest BCUT2D eigenvalue weighted by atomic mass is 79.9. The van der Waals surface area contributed by atoms with Crippen molar-refractivity contribution in [3.63, 3.8) is 0 Å². The van der Waals surface area contributed by atoms with Crippen molar-refractivity contribution in [1.29, 1.82) is 5.26 Å². The standard InChI is InChI=1S/C33H24BrNO2/c34-32-21-20-31(37-30-18-16-25(23-35)17-19-30)22-26(32)24-36-33(27-10-4-1-5-11-27,28-12-6-2-7-13-28)29-14-8-3-9-15-29/h1-22H,24H2. The minimum absolute atomic E-state index is 0.337. The summed E-state index contributed by atoms with van der Waals surface area (Å²) in [5, 5.41) is 9.05. The van der Waals surface area contributed by atoms with Gasteiger partial charge in [0.25, 0.3) is 0 Å². The van der Waals surface area contributed by atoms with Crippen LogP contribution in [0.5, 0.6) is 11.5 Å². The number of rotatable bonds is 8. The normalized spacial score (nSPS) is 11.0. The highest BCUT2D eigenvalue weighted by Crippen LogP contribution is 2.41. The van der Waals surface area contributed by atoms with Gasteiger partial charge in [0, 0.05) is 4.47 Å². The van der Waals surface area contributed by atoms with Gasteiger partial charge >= 0.3 is 0 Å². The fourth-order valence-electron chi connectivity index (χ4n) is 4.41. The molecule has 5 rings (SSSR count). The summed E-state index contributed by atoms with van der Waals surface area (Å²) in [6.45, 7) is 0.337. The van der Waals surface area contributed by atoms with Crippen LogP contribution in [0.2, 0.25) is 0 Å². The zero-order chi connectivity index (χ0) is 25.5. The van der Waals surface area contributed by atoms with Crippen molar-refractivity contribution in [2.45, 2.75) is 12.2 Å². The highest BCUT2D eigenvalue weighted by Gasteiger charge is 2.37. The lowest BCUT2D eigenvalue weighted by molar-refractivity contribution is -0.0000830. The van der Waals surface area contributed by atoms with Gasteiger partial charge < -0.3 is 9.47 Å². The lowest BCUT2D eigenvalue weighted by Gasteiger charge is -2.36. The van der Waals surface area contributed by atoms with Crippen LogP contribution in [0.4, 0.5) is 0 Å². The van der Waals surface area contributed by atoms with E-state index in [1.54, 1.807) is 24.3 Å². The van der Waals surface area contributed by atoms with Crippen LogP contribution in [0, 0.1) is 11.3 Å². The van der Waals surface area contributed by atoms with Gasteiger partial charge in [0.1, 0.15) is 17.1 Å². The number of benzene rings is 5. The van der Waals surface area contributed by atoms with E-state index in [2.05, 4.69) is 58.4 Å². The van der Waals surface area contributed by atoms with Crippen molar-refractivity contribution in [2.24, 2.45) is 0 Å². The number of hydrogen-bond acceptors (Lipinski definition) is 3. The van der Waals surface area contributed by atoms with E-state index < -0.39 is 5.60 Å². The molecule has 0 radical (unpaired) electrons. The molecule has 0 fully saturated rings. The van der Waals surface area contributed by atoms with Crippen LogP contribution in [-0.2, 0) is 16.9 Å². The van der Waals surface area contributed by atoms with Gasteiger partial charge in [-0.3, -0.25) is 0 Å². The molecule has 180 valence electrons. The summed E-state index contributed by atoms with van der Waals surface area (Å²) >= 11 is 3.70. The van der Waals surface area contributed by atoms with Crippen molar-refractivity contribution >= 4 is 15.9 Å². The zero-order valence-corrected chi connectivity index (χ0v) is 21.6. The van der Waals surface area contributed by atoms with E-state index in [0.29, 0.717) is 23.7 Å². The molecule has 0 aliphatic heterocycles. The molecule has 0 atom stereocenters. The second-order valence-corrected chi connectivity index (χ2v) is 9.41. The van der Waals surface area contributed by atoms with Crippen molar-refractivity contribution in [1.82, 2.24) is 0 Å². The molecule has 3 nitrogen and oxygen atoms in total. The van der Waals surface area contributed by atoms with Gasteiger partial charge in [0.05, 0.1) is 18.2 Å². The minimum Gasteiger partial charge on any atom is -0.457 e. The third-order valence-corrected chi connectivity index (χ3v) is 7.00. The van der Waals surface area contributed by atoms with Crippen LogP contribution >= 0.6 is 15.9 Å². The van der Waals surface area contributed by atoms with Crippen molar-refractivity contribution in [3.05, 3.63) is 166 Å². The maximum atomic E-state index is 9.05. The zero-order valence-electron chi connectivity index (χ0n) is 20.1. The molecule has 0 aromatic heterocycles. The summed E-state index contributed by atoms with van der Waals surface area (Å²) in [5.41, 5.74) is 3.89. The quantitative estimate of drug-likeness (QED) is 0.183. The molecule has 4 heteroatoms. The third-order valence-electron chi connectivity index (χ3n) is 6.22. The van der Waals surface area contributed by atoms with E-state index in [0.717, 1.165) is 26.7 Å². The van der Waals surface area contributed by atoms with E-state index >= 15 is 0 Å². The maximum Gasteiger partial charge on any atom is 0.144 e. The van der Waals surface area contributed by atoms with Crippen molar-refractivity contribution in [2.75, 3.05) is 0 Å². The lowest BCUT2D eigenvalue weighted by atomic mass is 9.80. The maximum absolute atomic E-state index is 9.05. The molecular formula is C33H24BrNO2. The van der Waals surface area contributed by atoms with Crippen LogP contribution in [0.25, 0.3) is 0 Å². The first-order chi connectivity index (χ1) is 18.2. The fourth-order valence-corrected chi connectivity index (χ4v) is 4.77. The van der Waals surface area contributed by atoms with Gasteiger partial charge in [-0.2, -0.15) is 5.26 Å². The molecule has 0 aliphatic rings. The van der Waals surface area contributed by atoms with Crippen molar-refractivity contribution in [3.8, 4) is 17.6 Å². The van der Waals surface area contributed by atoms with E-state index in [1.165, 1.54) is 0 Å². The summed E-state index contributed by atoms with van der Waals surface area (Å²) < 4.78 is 14.0. The number of nitrogens with zero attached hydrogens (tertiary/aromatic N) is 1. The topological polar surface area (TPSA) is 42.2 Å². The molecule has 0 bridgehead atoms. The second kappa shape index (κ2) is 11.3. The Bertz CT molecular complexity index is 1400.